The summed E-state index contributed by atoms with van der Waals surface area (Å²) in [4.78, 5) is 3.69. The molecule has 0 spiro atoms. The average Bonchev–Trinajstić information content (AvgIpc) is 2.88. The summed E-state index contributed by atoms with van der Waals surface area (Å²) < 4.78 is 37.2. The van der Waals surface area contributed by atoms with E-state index in [9.17, 15) is 13.2 Å². The van der Waals surface area contributed by atoms with E-state index in [2.05, 4.69) is 4.98 Å². The molecule has 2 nitrogen and oxygen atoms in total. The zero-order valence-corrected chi connectivity index (χ0v) is 10.3. The van der Waals surface area contributed by atoms with Crippen molar-refractivity contribution in [3.8, 4) is 6.07 Å². The third-order valence-electron chi connectivity index (χ3n) is 2.34. The van der Waals surface area contributed by atoms with Crippen LogP contribution in [0.3, 0.4) is 0 Å². The predicted octanol–water partition coefficient (Wildman–Crippen LogP) is 4.23. The van der Waals surface area contributed by atoms with Gasteiger partial charge >= 0.3 is 6.18 Å². The van der Waals surface area contributed by atoms with Crippen molar-refractivity contribution in [2.24, 2.45) is 0 Å². The van der Waals surface area contributed by atoms with Crippen LogP contribution in [0.25, 0.3) is 11.6 Å². The van der Waals surface area contributed by atoms with E-state index >= 15 is 0 Å². The zero-order valence-electron chi connectivity index (χ0n) is 9.48. The van der Waals surface area contributed by atoms with Crippen LogP contribution in [-0.2, 0) is 6.18 Å². The number of rotatable bonds is 2. The van der Waals surface area contributed by atoms with Gasteiger partial charge in [0.15, 0.2) is 0 Å². The van der Waals surface area contributed by atoms with Crippen LogP contribution in [0.2, 0.25) is 0 Å². The number of alkyl halides is 3. The Hall–Kier alpha value is -2.13. The van der Waals surface area contributed by atoms with Gasteiger partial charge in [-0.2, -0.15) is 29.8 Å². The largest absolute Gasteiger partial charge is 0.417 e. The Morgan fingerprint density at radius 1 is 1.32 bits per heavy atom. The molecule has 0 bridgehead atoms. The number of halogens is 3. The number of allylic oxidation sites excluding steroid dienone is 1. The summed E-state index contributed by atoms with van der Waals surface area (Å²) in [6, 6.07) is 5.86. The highest BCUT2D eigenvalue weighted by molar-refractivity contribution is 7.08. The van der Waals surface area contributed by atoms with E-state index in [0.29, 0.717) is 0 Å². The van der Waals surface area contributed by atoms with Gasteiger partial charge in [0, 0.05) is 6.20 Å². The van der Waals surface area contributed by atoms with Crippen molar-refractivity contribution in [3.05, 3.63) is 52.0 Å². The Balaban J connectivity index is 2.33. The van der Waals surface area contributed by atoms with Crippen LogP contribution in [0.5, 0.6) is 0 Å². The first-order chi connectivity index (χ1) is 9.00. The van der Waals surface area contributed by atoms with E-state index in [-0.39, 0.29) is 11.3 Å². The molecule has 2 aromatic rings. The fraction of sp³-hybridized carbons (Fsp3) is 0.0769. The second-order valence-electron chi connectivity index (χ2n) is 3.66. The Morgan fingerprint density at radius 2 is 2.11 bits per heavy atom. The minimum absolute atomic E-state index is 0.224. The molecule has 0 atom stereocenters. The molecule has 0 saturated heterocycles. The number of nitriles is 1. The molecule has 0 aliphatic heterocycles. The average molecular weight is 280 g/mol. The van der Waals surface area contributed by atoms with E-state index in [0.717, 1.165) is 17.8 Å². The van der Waals surface area contributed by atoms with Gasteiger partial charge in [-0.15, -0.1) is 0 Å². The molecule has 2 rings (SSSR count). The molecule has 0 amide bonds. The lowest BCUT2D eigenvalue weighted by molar-refractivity contribution is -0.137. The van der Waals surface area contributed by atoms with E-state index in [4.69, 9.17) is 5.26 Å². The molecule has 0 unspecified atom stereocenters. The van der Waals surface area contributed by atoms with Gasteiger partial charge < -0.3 is 0 Å². The SMILES string of the molecule is N#C/C(=C/c1ccsc1)c1ccc(C(F)(F)F)cn1. The maximum absolute atomic E-state index is 12.4. The van der Waals surface area contributed by atoms with Crippen LogP contribution in [0.15, 0.2) is 35.2 Å². The molecule has 0 aromatic carbocycles. The van der Waals surface area contributed by atoms with Crippen molar-refractivity contribution in [1.82, 2.24) is 4.98 Å². The molecule has 0 aliphatic rings. The standard InChI is InChI=1S/C13H7F3N2S/c14-13(15,16)11-1-2-12(18-7-11)10(6-17)5-9-3-4-19-8-9/h1-5,7-8H/b10-5-. The van der Waals surface area contributed by atoms with Gasteiger partial charge in [0.1, 0.15) is 6.07 Å². The topological polar surface area (TPSA) is 36.7 Å². The van der Waals surface area contributed by atoms with Gasteiger partial charge in [-0.25, -0.2) is 0 Å². The third kappa shape index (κ3) is 3.20. The fourth-order valence-corrected chi connectivity index (χ4v) is 2.03. The van der Waals surface area contributed by atoms with Crippen molar-refractivity contribution in [2.45, 2.75) is 6.18 Å². The van der Waals surface area contributed by atoms with Crippen LogP contribution in [0.1, 0.15) is 16.8 Å². The lowest BCUT2D eigenvalue weighted by atomic mass is 10.1. The van der Waals surface area contributed by atoms with Crippen molar-refractivity contribution >= 4 is 23.0 Å². The maximum atomic E-state index is 12.4. The van der Waals surface area contributed by atoms with E-state index in [1.807, 2.05) is 22.9 Å². The predicted molar refractivity (Wildman–Crippen MR) is 67.0 cm³/mol. The maximum Gasteiger partial charge on any atom is 0.417 e. The second-order valence-corrected chi connectivity index (χ2v) is 4.44. The van der Waals surface area contributed by atoms with Crippen molar-refractivity contribution < 1.29 is 13.2 Å². The van der Waals surface area contributed by atoms with Crippen molar-refractivity contribution in [2.75, 3.05) is 0 Å². The fourth-order valence-electron chi connectivity index (χ4n) is 1.41. The van der Waals surface area contributed by atoms with Crippen molar-refractivity contribution in [3.63, 3.8) is 0 Å². The molecule has 2 heterocycles. The van der Waals surface area contributed by atoms with Gasteiger partial charge in [0.25, 0.3) is 0 Å². The summed E-state index contributed by atoms with van der Waals surface area (Å²) in [7, 11) is 0. The molecule has 6 heteroatoms. The first-order valence-electron chi connectivity index (χ1n) is 5.18. The van der Waals surface area contributed by atoms with Gasteiger partial charge in [0.05, 0.1) is 16.8 Å². The van der Waals surface area contributed by atoms with Crippen LogP contribution < -0.4 is 0 Å². The van der Waals surface area contributed by atoms with E-state index in [1.54, 1.807) is 6.08 Å². The quantitative estimate of drug-likeness (QED) is 0.772. The van der Waals surface area contributed by atoms with Crippen LogP contribution >= 0.6 is 11.3 Å². The minimum Gasteiger partial charge on any atom is -0.255 e. The molecule has 0 N–H and O–H groups in total. The lowest BCUT2D eigenvalue weighted by Gasteiger charge is -2.06. The third-order valence-corrected chi connectivity index (χ3v) is 3.04. The number of nitrogens with zero attached hydrogens (tertiary/aromatic N) is 2. The van der Waals surface area contributed by atoms with Gasteiger partial charge in [0.2, 0.25) is 0 Å². The smallest absolute Gasteiger partial charge is 0.255 e. The van der Waals surface area contributed by atoms with E-state index < -0.39 is 11.7 Å². The Bertz CT molecular complexity index is 619. The van der Waals surface area contributed by atoms with Gasteiger partial charge in [-0.05, 0) is 40.6 Å². The van der Waals surface area contributed by atoms with Crippen molar-refractivity contribution in [1.29, 1.82) is 5.26 Å². The molecule has 0 fully saturated rings. The number of hydrogen-bond acceptors (Lipinski definition) is 3. The van der Waals surface area contributed by atoms with Crippen LogP contribution in [0, 0.1) is 11.3 Å². The molecule has 2 aromatic heterocycles. The summed E-state index contributed by atoms with van der Waals surface area (Å²) in [6.07, 6.45) is -2.10. The molecular weight excluding hydrogens is 273 g/mol. The van der Waals surface area contributed by atoms with Crippen LogP contribution in [0.4, 0.5) is 13.2 Å². The molecule has 0 radical (unpaired) electrons. The van der Waals surface area contributed by atoms with Gasteiger partial charge in [-0.3, -0.25) is 4.98 Å². The molecule has 96 valence electrons. The number of hydrogen-bond donors (Lipinski definition) is 0. The summed E-state index contributed by atoms with van der Waals surface area (Å²) in [5.41, 5.74) is 0.446. The summed E-state index contributed by atoms with van der Waals surface area (Å²) in [5, 5.41) is 12.7. The molecule has 0 aliphatic carbocycles. The minimum atomic E-state index is -4.42. The highest BCUT2D eigenvalue weighted by atomic mass is 32.1. The Labute approximate surface area is 111 Å². The lowest BCUT2D eigenvalue weighted by Crippen LogP contribution is -2.05. The number of thiophene rings is 1. The summed E-state index contributed by atoms with van der Waals surface area (Å²) in [5.74, 6) is 0. The van der Waals surface area contributed by atoms with Crippen LogP contribution in [-0.4, -0.2) is 4.98 Å². The highest BCUT2D eigenvalue weighted by Crippen LogP contribution is 2.29. The molecule has 0 saturated carbocycles. The first-order valence-corrected chi connectivity index (χ1v) is 6.12. The highest BCUT2D eigenvalue weighted by Gasteiger charge is 2.30. The van der Waals surface area contributed by atoms with Gasteiger partial charge in [-0.1, -0.05) is 0 Å². The first kappa shape index (κ1) is 13.3. The zero-order chi connectivity index (χ0) is 13.9. The monoisotopic (exact) mass is 280 g/mol. The Kier molecular flexibility index (Phi) is 3.67. The Morgan fingerprint density at radius 3 is 2.58 bits per heavy atom. The summed E-state index contributed by atoms with van der Waals surface area (Å²) >= 11 is 1.47. The molecule has 19 heavy (non-hydrogen) atoms. The molecular formula is C13H7F3N2S. The van der Waals surface area contributed by atoms with E-state index in [1.165, 1.54) is 17.4 Å². The normalized spacial score (nSPS) is 12.2. The summed E-state index contributed by atoms with van der Waals surface area (Å²) in [6.45, 7) is 0. The number of aromatic nitrogens is 1. The second kappa shape index (κ2) is 5.24. The number of pyridine rings is 1.